The maximum absolute atomic E-state index is 14.0. The summed E-state index contributed by atoms with van der Waals surface area (Å²) in [5, 5.41) is -0.432. The van der Waals surface area contributed by atoms with Crippen LogP contribution in [-0.2, 0) is 14.6 Å². The molecule has 1 amide bonds. The molecule has 5 heteroatoms. The van der Waals surface area contributed by atoms with Crippen molar-refractivity contribution in [2.24, 2.45) is 0 Å². The summed E-state index contributed by atoms with van der Waals surface area (Å²) in [7, 11) is -3.40. The zero-order valence-electron chi connectivity index (χ0n) is 17.9. The second kappa shape index (κ2) is 8.55. The van der Waals surface area contributed by atoms with Crippen molar-refractivity contribution in [2.45, 2.75) is 53.8 Å². The highest BCUT2D eigenvalue weighted by Crippen LogP contribution is 2.42. The van der Waals surface area contributed by atoms with Crippen molar-refractivity contribution < 1.29 is 13.2 Å². The molecule has 2 heterocycles. The van der Waals surface area contributed by atoms with E-state index < -0.39 is 15.1 Å². The third-order valence-electron chi connectivity index (χ3n) is 6.97. The second-order valence-corrected chi connectivity index (χ2v) is 11.1. The summed E-state index contributed by atoms with van der Waals surface area (Å²) in [4.78, 5) is 16.4. The highest BCUT2D eigenvalue weighted by molar-refractivity contribution is 7.92. The van der Waals surface area contributed by atoms with E-state index in [9.17, 15) is 13.2 Å². The fourth-order valence-electron chi connectivity index (χ4n) is 5.46. The molecule has 32 heavy (non-hydrogen) atoms. The molecule has 164 valence electrons. The molecular weight excluding hydrogens is 418 g/mol. The van der Waals surface area contributed by atoms with Gasteiger partial charge in [-0.25, -0.2) is 8.42 Å². The highest BCUT2D eigenvalue weighted by atomic mass is 32.2. The second-order valence-electron chi connectivity index (χ2n) is 8.84. The molecule has 0 saturated carbocycles. The van der Waals surface area contributed by atoms with Crippen molar-refractivity contribution in [3.8, 4) is 0 Å². The molecule has 2 fully saturated rings. The zero-order valence-corrected chi connectivity index (χ0v) is 18.7. The quantitative estimate of drug-likeness (QED) is 0.566. The number of sulfone groups is 1. The first kappa shape index (κ1) is 21.0. The van der Waals surface area contributed by atoms with E-state index in [2.05, 4.69) is 0 Å². The van der Waals surface area contributed by atoms with Crippen LogP contribution in [0.4, 0.5) is 0 Å². The lowest BCUT2D eigenvalue weighted by molar-refractivity contribution is -0.136. The van der Waals surface area contributed by atoms with Gasteiger partial charge in [0.2, 0.25) is 5.91 Å². The average Bonchev–Trinajstić information content (AvgIpc) is 3.10. The van der Waals surface area contributed by atoms with Gasteiger partial charge in [0.05, 0.1) is 16.1 Å². The highest BCUT2D eigenvalue weighted by Gasteiger charge is 2.48. The van der Waals surface area contributed by atoms with Crippen LogP contribution in [0.2, 0.25) is 0 Å². The van der Waals surface area contributed by atoms with E-state index in [1.54, 1.807) is 24.3 Å². The molecule has 1 unspecified atom stereocenters. The molecule has 3 aromatic rings. The molecule has 2 saturated heterocycles. The van der Waals surface area contributed by atoms with Gasteiger partial charge >= 0.3 is 0 Å². The van der Waals surface area contributed by atoms with Crippen LogP contribution in [0, 0.1) is 0 Å². The van der Waals surface area contributed by atoms with Gasteiger partial charge in [0.25, 0.3) is 0 Å². The SMILES string of the molecule is O=C(C(c1ccccc1)c1ccccc1)N1[C@@H]2CC[C@H]1CC(S(=O)(=O)c1ccccc1)C2. The summed E-state index contributed by atoms with van der Waals surface area (Å²) in [6.45, 7) is 0. The van der Waals surface area contributed by atoms with E-state index in [4.69, 9.17) is 0 Å². The number of piperidine rings is 1. The fourth-order valence-corrected chi connectivity index (χ4v) is 7.33. The Labute approximate surface area is 189 Å². The van der Waals surface area contributed by atoms with Crippen LogP contribution in [0.3, 0.4) is 0 Å². The largest absolute Gasteiger partial charge is 0.336 e. The van der Waals surface area contributed by atoms with E-state index in [0.29, 0.717) is 17.7 Å². The number of rotatable bonds is 5. The van der Waals surface area contributed by atoms with Crippen molar-refractivity contribution >= 4 is 15.7 Å². The first-order chi connectivity index (χ1) is 15.6. The molecule has 3 atom stereocenters. The van der Waals surface area contributed by atoms with Crippen LogP contribution >= 0.6 is 0 Å². The predicted molar refractivity (Wildman–Crippen MR) is 125 cm³/mol. The van der Waals surface area contributed by atoms with Crippen LogP contribution in [0.1, 0.15) is 42.7 Å². The van der Waals surface area contributed by atoms with E-state index in [-0.39, 0.29) is 23.9 Å². The number of fused-ring (bicyclic) bond motifs is 2. The van der Waals surface area contributed by atoms with Gasteiger partial charge in [-0.1, -0.05) is 78.9 Å². The van der Waals surface area contributed by atoms with Crippen molar-refractivity contribution in [2.75, 3.05) is 0 Å². The topological polar surface area (TPSA) is 54.5 Å². The summed E-state index contributed by atoms with van der Waals surface area (Å²) >= 11 is 0. The minimum atomic E-state index is -3.40. The zero-order chi connectivity index (χ0) is 22.1. The molecule has 0 N–H and O–H groups in total. The Hall–Kier alpha value is -2.92. The number of carbonyl (C=O) groups is 1. The lowest BCUT2D eigenvalue weighted by atomic mass is 9.88. The summed E-state index contributed by atoms with van der Waals surface area (Å²) in [5.74, 6) is -0.284. The van der Waals surface area contributed by atoms with Gasteiger partial charge in [0.15, 0.2) is 9.84 Å². The Morgan fingerprint density at radius 3 is 1.62 bits per heavy atom. The molecule has 0 aliphatic carbocycles. The van der Waals surface area contributed by atoms with Gasteiger partial charge in [-0.05, 0) is 48.9 Å². The molecule has 0 radical (unpaired) electrons. The van der Waals surface area contributed by atoms with Gasteiger partial charge in [0.1, 0.15) is 0 Å². The Balaban J connectivity index is 1.44. The Morgan fingerprint density at radius 1 is 0.719 bits per heavy atom. The minimum Gasteiger partial charge on any atom is -0.336 e. The standard InChI is InChI=1S/C27H27NO3S/c29-27(26(20-10-4-1-5-11-20)21-12-6-2-7-13-21)28-22-16-17-23(28)19-25(18-22)32(30,31)24-14-8-3-9-15-24/h1-15,22-23,25-26H,16-19H2/t22-,23+,25?. The Morgan fingerprint density at radius 2 is 1.16 bits per heavy atom. The number of carbonyl (C=O) groups excluding carboxylic acids is 1. The Kier molecular flexibility index (Phi) is 5.60. The molecule has 0 spiro atoms. The van der Waals surface area contributed by atoms with Crippen LogP contribution in [0.5, 0.6) is 0 Å². The van der Waals surface area contributed by atoms with Crippen molar-refractivity contribution in [1.82, 2.24) is 4.90 Å². The van der Waals surface area contributed by atoms with Crippen LogP contribution in [0.15, 0.2) is 95.9 Å². The fraction of sp³-hybridized carbons (Fsp3) is 0.296. The number of hydrogen-bond donors (Lipinski definition) is 0. The van der Waals surface area contributed by atoms with Crippen molar-refractivity contribution in [1.29, 1.82) is 0 Å². The third kappa shape index (κ3) is 3.75. The summed E-state index contributed by atoms with van der Waals surface area (Å²) in [5.41, 5.74) is 1.95. The van der Waals surface area contributed by atoms with E-state index in [1.807, 2.05) is 71.6 Å². The number of amides is 1. The van der Waals surface area contributed by atoms with Crippen LogP contribution in [0.25, 0.3) is 0 Å². The molecule has 0 aromatic heterocycles. The van der Waals surface area contributed by atoms with Crippen molar-refractivity contribution in [3.05, 3.63) is 102 Å². The number of hydrogen-bond acceptors (Lipinski definition) is 3. The normalized spacial score (nSPS) is 22.8. The van der Waals surface area contributed by atoms with Gasteiger partial charge in [-0.3, -0.25) is 4.79 Å². The van der Waals surface area contributed by atoms with E-state index in [1.165, 1.54) is 0 Å². The van der Waals surface area contributed by atoms with Crippen LogP contribution in [-0.4, -0.2) is 36.6 Å². The van der Waals surface area contributed by atoms with Crippen LogP contribution < -0.4 is 0 Å². The van der Waals surface area contributed by atoms with Gasteiger partial charge in [0, 0.05) is 12.1 Å². The Bertz CT molecular complexity index is 1130. The first-order valence-electron chi connectivity index (χ1n) is 11.3. The van der Waals surface area contributed by atoms with E-state index >= 15 is 0 Å². The molecule has 2 aliphatic heterocycles. The monoisotopic (exact) mass is 445 g/mol. The molecule has 5 rings (SSSR count). The summed E-state index contributed by atoms with van der Waals surface area (Å²) < 4.78 is 26.5. The third-order valence-corrected chi connectivity index (χ3v) is 9.16. The first-order valence-corrected chi connectivity index (χ1v) is 12.8. The predicted octanol–water partition coefficient (Wildman–Crippen LogP) is 4.81. The summed E-state index contributed by atoms with van der Waals surface area (Å²) in [6, 6.07) is 28.5. The van der Waals surface area contributed by atoms with Gasteiger partial charge < -0.3 is 4.90 Å². The molecule has 2 aliphatic rings. The smallest absolute Gasteiger partial charge is 0.235 e. The van der Waals surface area contributed by atoms with Gasteiger partial charge in [-0.15, -0.1) is 0 Å². The lowest BCUT2D eigenvalue weighted by Crippen LogP contribution is -2.51. The van der Waals surface area contributed by atoms with E-state index in [0.717, 1.165) is 24.0 Å². The molecule has 2 bridgehead atoms. The molecular formula is C27H27NO3S. The molecule has 4 nitrogen and oxygen atoms in total. The van der Waals surface area contributed by atoms with Crippen molar-refractivity contribution in [3.63, 3.8) is 0 Å². The maximum atomic E-state index is 14.0. The number of nitrogens with zero attached hydrogens (tertiary/aromatic N) is 1. The lowest BCUT2D eigenvalue weighted by Gasteiger charge is -2.40. The maximum Gasteiger partial charge on any atom is 0.235 e. The molecule has 3 aromatic carbocycles. The summed E-state index contributed by atoms with van der Waals surface area (Å²) in [6.07, 6.45) is 2.76. The number of benzene rings is 3. The minimum absolute atomic E-state index is 0.0281. The van der Waals surface area contributed by atoms with Gasteiger partial charge in [-0.2, -0.15) is 0 Å². The average molecular weight is 446 g/mol.